The molecule has 0 unspecified atom stereocenters. The molecule has 0 saturated heterocycles. The van der Waals surface area contributed by atoms with Gasteiger partial charge in [0.25, 0.3) is 0 Å². The van der Waals surface area contributed by atoms with E-state index in [1.807, 2.05) is 12.1 Å². The van der Waals surface area contributed by atoms with Crippen molar-refractivity contribution < 1.29 is 0 Å². The molecule has 3 heteroatoms. The lowest BCUT2D eigenvalue weighted by Gasteiger charge is -1.97. The van der Waals surface area contributed by atoms with Gasteiger partial charge in [0.15, 0.2) is 0 Å². The van der Waals surface area contributed by atoms with Crippen molar-refractivity contribution in [1.29, 1.82) is 10.5 Å². The van der Waals surface area contributed by atoms with Gasteiger partial charge in [0.1, 0.15) is 6.07 Å². The second-order valence-electron chi connectivity index (χ2n) is 2.13. The normalized spacial score (nSPS) is 12.9. The van der Waals surface area contributed by atoms with E-state index in [1.165, 1.54) is 6.08 Å². The van der Waals surface area contributed by atoms with Crippen LogP contribution in [0.5, 0.6) is 0 Å². The second-order valence-corrected chi connectivity index (χ2v) is 2.13. The van der Waals surface area contributed by atoms with Crippen LogP contribution in [0.3, 0.4) is 0 Å². The third-order valence-corrected chi connectivity index (χ3v) is 1.18. The molecule has 0 aliphatic heterocycles. The molecule has 2 N–H and O–H groups in total. The van der Waals surface area contributed by atoms with E-state index in [0.29, 0.717) is 16.8 Å². The second kappa shape index (κ2) is 4.14. The van der Waals surface area contributed by atoms with Crippen molar-refractivity contribution in [3.8, 4) is 12.1 Å². The van der Waals surface area contributed by atoms with Crippen LogP contribution in [0.2, 0.25) is 0 Å². The number of allylic oxidation sites excluding steroid dienone is 4. The first-order valence-corrected chi connectivity index (χ1v) is 3.06. The summed E-state index contributed by atoms with van der Waals surface area (Å²) in [4.78, 5) is 0. The third-order valence-electron chi connectivity index (χ3n) is 1.18. The monoisotopic (exact) mass is 147 g/mol. The molecule has 0 aliphatic carbocycles. The van der Waals surface area contributed by atoms with Crippen molar-refractivity contribution in [3.05, 3.63) is 22.9 Å². The Kier molecular flexibility index (Phi) is 3.48. The number of hydrogen-bond acceptors (Lipinski definition) is 3. The van der Waals surface area contributed by atoms with Crippen LogP contribution in [0.25, 0.3) is 0 Å². The van der Waals surface area contributed by atoms with Gasteiger partial charge in [-0.25, -0.2) is 0 Å². The minimum absolute atomic E-state index is 0.381. The van der Waals surface area contributed by atoms with E-state index in [-0.39, 0.29) is 0 Å². The van der Waals surface area contributed by atoms with Gasteiger partial charge in [0.05, 0.1) is 11.6 Å². The largest absolute Gasteiger partial charge is 0.401 e. The van der Waals surface area contributed by atoms with Gasteiger partial charge in [0, 0.05) is 11.8 Å². The molecule has 0 aromatic rings. The van der Waals surface area contributed by atoms with Gasteiger partial charge in [-0.3, -0.25) is 0 Å². The molecule has 0 bridgehead atoms. The summed E-state index contributed by atoms with van der Waals surface area (Å²) in [6.07, 6.45) is 1.30. The van der Waals surface area contributed by atoms with Crippen molar-refractivity contribution >= 4 is 0 Å². The summed E-state index contributed by atoms with van der Waals surface area (Å²) in [5.74, 6) is 0. The first-order chi connectivity index (χ1) is 5.13. The zero-order valence-electron chi connectivity index (χ0n) is 6.55. The first kappa shape index (κ1) is 9.26. The summed E-state index contributed by atoms with van der Waals surface area (Å²) < 4.78 is 0. The zero-order valence-corrected chi connectivity index (χ0v) is 6.55. The fourth-order valence-corrected chi connectivity index (χ4v) is 0.656. The van der Waals surface area contributed by atoms with E-state index in [9.17, 15) is 0 Å². The van der Waals surface area contributed by atoms with Crippen LogP contribution in [0.15, 0.2) is 22.9 Å². The van der Waals surface area contributed by atoms with Crippen LogP contribution < -0.4 is 5.73 Å². The molecule has 56 valence electrons. The van der Waals surface area contributed by atoms with Crippen LogP contribution in [0, 0.1) is 22.7 Å². The summed E-state index contributed by atoms with van der Waals surface area (Å²) in [5.41, 5.74) is 6.81. The van der Waals surface area contributed by atoms with Crippen molar-refractivity contribution in [2.24, 2.45) is 5.73 Å². The van der Waals surface area contributed by atoms with Gasteiger partial charge in [-0.15, -0.1) is 0 Å². The first-order valence-electron chi connectivity index (χ1n) is 3.06. The van der Waals surface area contributed by atoms with Crippen LogP contribution in [-0.2, 0) is 0 Å². The molecule has 0 heterocycles. The molecule has 0 rings (SSSR count). The summed E-state index contributed by atoms with van der Waals surface area (Å²) in [6, 6.07) is 3.76. The average molecular weight is 147 g/mol. The topological polar surface area (TPSA) is 73.6 Å². The Balaban J connectivity index is 4.91. The summed E-state index contributed by atoms with van der Waals surface area (Å²) >= 11 is 0. The number of nitrogens with zero attached hydrogens (tertiary/aromatic N) is 2. The van der Waals surface area contributed by atoms with Crippen molar-refractivity contribution in [2.75, 3.05) is 0 Å². The van der Waals surface area contributed by atoms with Crippen LogP contribution in [0.4, 0.5) is 0 Å². The molecule has 0 aliphatic rings. The highest BCUT2D eigenvalue weighted by atomic mass is 14.6. The maximum absolute atomic E-state index is 8.56. The predicted molar refractivity (Wildman–Crippen MR) is 41.9 cm³/mol. The SMILES string of the molecule is C/C(N)=C(C#N)\C(C)=C\C#N. The Morgan fingerprint density at radius 3 is 2.18 bits per heavy atom. The van der Waals surface area contributed by atoms with Crippen molar-refractivity contribution in [3.63, 3.8) is 0 Å². The Bertz CT molecular complexity index is 279. The highest BCUT2D eigenvalue weighted by Crippen LogP contribution is 2.09. The van der Waals surface area contributed by atoms with E-state index in [2.05, 4.69) is 0 Å². The fraction of sp³-hybridized carbons (Fsp3) is 0.250. The number of hydrogen-bond donors (Lipinski definition) is 1. The standard InChI is InChI=1S/C8H9N3/c1-6(3-4-9)8(5-10)7(2)11/h3H,11H2,1-2H3/b6-3+,8-7+. The number of rotatable bonds is 1. The zero-order chi connectivity index (χ0) is 8.85. The molecule has 11 heavy (non-hydrogen) atoms. The molecule has 0 aromatic carbocycles. The van der Waals surface area contributed by atoms with E-state index in [4.69, 9.17) is 16.3 Å². The lowest BCUT2D eigenvalue weighted by molar-refractivity contribution is 1.23. The van der Waals surface area contributed by atoms with Crippen molar-refractivity contribution in [1.82, 2.24) is 0 Å². The van der Waals surface area contributed by atoms with Crippen molar-refractivity contribution in [2.45, 2.75) is 13.8 Å². The molecule has 0 fully saturated rings. The molecule has 3 nitrogen and oxygen atoms in total. The molecule has 0 radical (unpaired) electrons. The summed E-state index contributed by atoms with van der Waals surface area (Å²) in [6.45, 7) is 3.31. The van der Waals surface area contributed by atoms with E-state index in [1.54, 1.807) is 13.8 Å². The molecular weight excluding hydrogens is 138 g/mol. The van der Waals surface area contributed by atoms with E-state index in [0.717, 1.165) is 0 Å². The molecule has 0 spiro atoms. The lowest BCUT2D eigenvalue weighted by atomic mass is 10.1. The Morgan fingerprint density at radius 1 is 1.36 bits per heavy atom. The molecule has 0 aromatic heterocycles. The van der Waals surface area contributed by atoms with Gasteiger partial charge in [0.2, 0.25) is 0 Å². The predicted octanol–water partition coefficient (Wildman–Crippen LogP) is 1.21. The Morgan fingerprint density at radius 2 is 1.91 bits per heavy atom. The van der Waals surface area contributed by atoms with Gasteiger partial charge in [-0.2, -0.15) is 10.5 Å². The van der Waals surface area contributed by atoms with Gasteiger partial charge in [-0.05, 0) is 19.4 Å². The van der Waals surface area contributed by atoms with Crippen LogP contribution in [-0.4, -0.2) is 0 Å². The Labute approximate surface area is 66.0 Å². The highest BCUT2D eigenvalue weighted by Gasteiger charge is 1.99. The summed E-state index contributed by atoms with van der Waals surface area (Å²) in [5, 5.41) is 16.8. The van der Waals surface area contributed by atoms with E-state index >= 15 is 0 Å². The molecular formula is C8H9N3. The van der Waals surface area contributed by atoms with Crippen LogP contribution >= 0.6 is 0 Å². The van der Waals surface area contributed by atoms with Crippen LogP contribution in [0.1, 0.15) is 13.8 Å². The quantitative estimate of drug-likeness (QED) is 0.447. The smallest absolute Gasteiger partial charge is 0.101 e. The summed E-state index contributed by atoms with van der Waals surface area (Å²) in [7, 11) is 0. The molecule has 0 atom stereocenters. The van der Waals surface area contributed by atoms with Gasteiger partial charge < -0.3 is 5.73 Å². The average Bonchev–Trinajstić information content (AvgIpc) is 1.88. The van der Waals surface area contributed by atoms with Gasteiger partial charge >= 0.3 is 0 Å². The Hall–Kier alpha value is -1.74. The highest BCUT2D eigenvalue weighted by molar-refractivity contribution is 5.44. The number of nitrogens with two attached hydrogens (primary N) is 1. The molecule has 0 saturated carbocycles. The third kappa shape index (κ3) is 2.55. The maximum atomic E-state index is 8.56. The minimum Gasteiger partial charge on any atom is -0.401 e. The van der Waals surface area contributed by atoms with Gasteiger partial charge in [-0.1, -0.05) is 0 Å². The minimum atomic E-state index is 0.381. The number of nitriles is 2. The lowest BCUT2D eigenvalue weighted by Crippen LogP contribution is -1.97. The fourth-order valence-electron chi connectivity index (χ4n) is 0.656. The maximum Gasteiger partial charge on any atom is 0.101 e. The van der Waals surface area contributed by atoms with E-state index < -0.39 is 0 Å². The molecule has 0 amide bonds.